The fourth-order valence-electron chi connectivity index (χ4n) is 3.51. The summed E-state index contributed by atoms with van der Waals surface area (Å²) < 4.78 is 6.64. The standard InChI is InChI=1S/C19H17BrN2O2S/c1-22-17(23)19(21-18(22)25,13-5-2-6-15(20)11-13)14-7-8-16-12(10-14)4-3-9-24-16/h2,5-8,10-11H,3-4,9H2,1H3,(H,21,25). The smallest absolute Gasteiger partial charge is 0.263 e. The predicted molar refractivity (Wildman–Crippen MR) is 104 cm³/mol. The third-order valence-corrected chi connectivity index (χ3v) is 5.69. The molecule has 1 saturated heterocycles. The maximum Gasteiger partial charge on any atom is 0.263 e. The van der Waals surface area contributed by atoms with Gasteiger partial charge in [-0.1, -0.05) is 34.1 Å². The molecule has 4 rings (SSSR count). The molecule has 1 amide bonds. The largest absolute Gasteiger partial charge is 0.493 e. The summed E-state index contributed by atoms with van der Waals surface area (Å²) in [6.45, 7) is 0.743. The maximum atomic E-state index is 13.2. The lowest BCUT2D eigenvalue weighted by Gasteiger charge is -2.30. The minimum atomic E-state index is -1.01. The zero-order valence-electron chi connectivity index (χ0n) is 13.7. The van der Waals surface area contributed by atoms with Gasteiger partial charge >= 0.3 is 0 Å². The Morgan fingerprint density at radius 3 is 2.76 bits per heavy atom. The minimum absolute atomic E-state index is 0.0766. The molecular formula is C19H17BrN2O2S. The summed E-state index contributed by atoms with van der Waals surface area (Å²) in [6.07, 6.45) is 1.94. The van der Waals surface area contributed by atoms with E-state index in [-0.39, 0.29) is 5.91 Å². The van der Waals surface area contributed by atoms with E-state index in [4.69, 9.17) is 17.0 Å². The molecule has 1 fully saturated rings. The molecule has 0 saturated carbocycles. The first-order valence-electron chi connectivity index (χ1n) is 8.15. The molecule has 1 atom stereocenters. The lowest BCUT2D eigenvalue weighted by atomic mass is 9.81. The van der Waals surface area contributed by atoms with Crippen LogP contribution in [0, 0.1) is 0 Å². The Bertz CT molecular complexity index is 885. The number of thiocarbonyl (C=S) groups is 1. The number of halogens is 1. The molecule has 0 radical (unpaired) electrons. The Morgan fingerprint density at radius 1 is 1.24 bits per heavy atom. The zero-order valence-corrected chi connectivity index (χ0v) is 16.1. The number of benzene rings is 2. The van der Waals surface area contributed by atoms with E-state index in [1.165, 1.54) is 4.90 Å². The van der Waals surface area contributed by atoms with Crippen LogP contribution >= 0.6 is 28.1 Å². The van der Waals surface area contributed by atoms with E-state index in [2.05, 4.69) is 27.3 Å². The van der Waals surface area contributed by atoms with Crippen LogP contribution in [0.1, 0.15) is 23.1 Å². The van der Waals surface area contributed by atoms with Crippen LogP contribution in [0.5, 0.6) is 5.75 Å². The van der Waals surface area contributed by atoms with Gasteiger partial charge in [-0.2, -0.15) is 0 Å². The maximum absolute atomic E-state index is 13.2. The van der Waals surface area contributed by atoms with Crippen molar-refractivity contribution in [3.8, 4) is 5.75 Å². The zero-order chi connectivity index (χ0) is 17.6. The van der Waals surface area contributed by atoms with Gasteiger partial charge in [0.15, 0.2) is 10.7 Å². The molecule has 2 heterocycles. The number of nitrogens with zero attached hydrogens (tertiary/aromatic N) is 1. The number of carbonyl (C=O) groups excluding carboxylic acids is 1. The number of fused-ring (bicyclic) bond motifs is 1. The molecule has 6 heteroatoms. The van der Waals surface area contributed by atoms with Crippen molar-refractivity contribution in [2.45, 2.75) is 18.4 Å². The highest BCUT2D eigenvalue weighted by Gasteiger charge is 2.51. The predicted octanol–water partition coefficient (Wildman–Crippen LogP) is 3.36. The second kappa shape index (κ2) is 6.11. The number of aryl methyl sites for hydroxylation is 1. The van der Waals surface area contributed by atoms with Crippen molar-refractivity contribution in [2.75, 3.05) is 13.7 Å². The van der Waals surface area contributed by atoms with Crippen molar-refractivity contribution in [1.29, 1.82) is 0 Å². The number of amides is 1. The Balaban J connectivity index is 1.93. The molecule has 1 unspecified atom stereocenters. The van der Waals surface area contributed by atoms with Gasteiger partial charge in [0.1, 0.15) is 5.75 Å². The van der Waals surface area contributed by atoms with Crippen molar-refractivity contribution >= 4 is 39.2 Å². The van der Waals surface area contributed by atoms with Crippen molar-refractivity contribution in [3.63, 3.8) is 0 Å². The van der Waals surface area contributed by atoms with Crippen LogP contribution in [0.2, 0.25) is 0 Å². The van der Waals surface area contributed by atoms with Gasteiger partial charge in [0.25, 0.3) is 5.91 Å². The normalized spacial score (nSPS) is 22.4. The van der Waals surface area contributed by atoms with Crippen molar-refractivity contribution in [2.24, 2.45) is 0 Å². The van der Waals surface area contributed by atoms with Gasteiger partial charge < -0.3 is 10.1 Å². The van der Waals surface area contributed by atoms with E-state index in [0.717, 1.165) is 46.4 Å². The molecular weight excluding hydrogens is 400 g/mol. The Kier molecular flexibility index (Phi) is 4.04. The summed E-state index contributed by atoms with van der Waals surface area (Å²) >= 11 is 8.89. The fourth-order valence-corrected chi connectivity index (χ4v) is 4.15. The van der Waals surface area contributed by atoms with Gasteiger partial charge in [-0.05, 0) is 66.0 Å². The van der Waals surface area contributed by atoms with Gasteiger partial charge in [-0.25, -0.2) is 0 Å². The molecule has 0 aromatic heterocycles. The molecule has 2 aliphatic heterocycles. The van der Waals surface area contributed by atoms with Crippen molar-refractivity contribution < 1.29 is 9.53 Å². The van der Waals surface area contributed by atoms with E-state index < -0.39 is 5.54 Å². The van der Waals surface area contributed by atoms with Crippen LogP contribution in [0.25, 0.3) is 0 Å². The summed E-state index contributed by atoms with van der Waals surface area (Å²) in [6, 6.07) is 13.8. The summed E-state index contributed by atoms with van der Waals surface area (Å²) in [5.74, 6) is 0.827. The first-order chi connectivity index (χ1) is 12.0. The van der Waals surface area contributed by atoms with E-state index in [0.29, 0.717) is 5.11 Å². The van der Waals surface area contributed by atoms with Gasteiger partial charge in [-0.15, -0.1) is 0 Å². The monoisotopic (exact) mass is 416 g/mol. The van der Waals surface area contributed by atoms with E-state index in [9.17, 15) is 4.79 Å². The number of nitrogens with one attached hydrogen (secondary N) is 1. The van der Waals surface area contributed by atoms with Crippen LogP contribution in [-0.4, -0.2) is 29.6 Å². The Labute approximate surface area is 160 Å². The molecule has 0 spiro atoms. The van der Waals surface area contributed by atoms with Crippen molar-refractivity contribution in [3.05, 3.63) is 63.6 Å². The topological polar surface area (TPSA) is 41.6 Å². The third kappa shape index (κ3) is 2.55. The number of hydrogen-bond donors (Lipinski definition) is 1. The van der Waals surface area contributed by atoms with Crippen LogP contribution in [0.3, 0.4) is 0 Å². The second-order valence-electron chi connectivity index (χ2n) is 6.33. The van der Waals surface area contributed by atoms with Gasteiger partial charge in [0, 0.05) is 11.5 Å². The first-order valence-corrected chi connectivity index (χ1v) is 9.35. The molecule has 2 aromatic carbocycles. The Hall–Kier alpha value is -1.92. The van der Waals surface area contributed by atoms with Crippen LogP contribution in [-0.2, 0) is 16.8 Å². The van der Waals surface area contributed by atoms with E-state index >= 15 is 0 Å². The molecule has 2 aromatic rings. The number of hydrogen-bond acceptors (Lipinski definition) is 3. The average molecular weight is 417 g/mol. The molecule has 128 valence electrons. The highest BCUT2D eigenvalue weighted by Crippen LogP contribution is 2.39. The van der Waals surface area contributed by atoms with Gasteiger partial charge in [0.05, 0.1) is 6.61 Å². The highest BCUT2D eigenvalue weighted by molar-refractivity contribution is 9.10. The highest BCUT2D eigenvalue weighted by atomic mass is 79.9. The Morgan fingerprint density at radius 2 is 2.04 bits per heavy atom. The second-order valence-corrected chi connectivity index (χ2v) is 7.63. The summed E-state index contributed by atoms with van der Waals surface area (Å²) in [5, 5.41) is 3.71. The lowest BCUT2D eigenvalue weighted by molar-refractivity contribution is -0.129. The quantitative estimate of drug-likeness (QED) is 0.761. The number of likely N-dealkylation sites (N-methyl/N-ethyl adjacent to an activating group) is 1. The third-order valence-electron chi connectivity index (χ3n) is 4.82. The molecule has 1 N–H and O–H groups in total. The summed E-state index contributed by atoms with van der Waals surface area (Å²) in [5.41, 5.74) is 1.86. The molecule has 0 bridgehead atoms. The number of rotatable bonds is 2. The van der Waals surface area contributed by atoms with E-state index in [1.54, 1.807) is 7.05 Å². The van der Waals surface area contributed by atoms with Crippen LogP contribution in [0.15, 0.2) is 46.9 Å². The van der Waals surface area contributed by atoms with E-state index in [1.807, 2.05) is 36.4 Å². The average Bonchev–Trinajstić information content (AvgIpc) is 2.86. The molecule has 25 heavy (non-hydrogen) atoms. The van der Waals surface area contributed by atoms with Gasteiger partial charge in [0.2, 0.25) is 0 Å². The summed E-state index contributed by atoms with van der Waals surface area (Å²) in [7, 11) is 1.71. The van der Waals surface area contributed by atoms with Crippen molar-refractivity contribution in [1.82, 2.24) is 10.2 Å². The molecule has 2 aliphatic rings. The number of ether oxygens (including phenoxy) is 1. The van der Waals surface area contributed by atoms with Crippen LogP contribution in [0.4, 0.5) is 0 Å². The number of carbonyl (C=O) groups is 1. The molecule has 4 nitrogen and oxygen atoms in total. The first kappa shape index (κ1) is 16.5. The van der Waals surface area contributed by atoms with Gasteiger partial charge in [-0.3, -0.25) is 9.69 Å². The minimum Gasteiger partial charge on any atom is -0.493 e. The fraction of sp³-hybridized carbons (Fsp3) is 0.263. The lowest BCUT2D eigenvalue weighted by Crippen LogP contribution is -2.45. The SMILES string of the molecule is CN1C(=O)C(c2cccc(Br)c2)(c2ccc3c(c2)CCCO3)NC1=S. The molecule has 0 aliphatic carbocycles. The van der Waals surface area contributed by atoms with Crippen LogP contribution < -0.4 is 10.1 Å². The summed E-state index contributed by atoms with van der Waals surface area (Å²) in [4.78, 5) is 14.8.